The van der Waals surface area contributed by atoms with Crippen LogP contribution in [0, 0.1) is 0 Å². The van der Waals surface area contributed by atoms with Crippen LogP contribution in [0.15, 0.2) is 30.3 Å². The number of nitrogens with zero attached hydrogens (tertiary/aromatic N) is 1. The minimum Gasteiger partial charge on any atom is -0.372 e. The molecule has 1 rings (SSSR count). The molecule has 0 saturated heterocycles. The van der Waals surface area contributed by atoms with Gasteiger partial charge in [-0.1, -0.05) is 31.5 Å². The Balaban J connectivity index is 0.00000400. The van der Waals surface area contributed by atoms with Crippen LogP contribution in [0.5, 0.6) is 0 Å². The van der Waals surface area contributed by atoms with Crippen molar-refractivity contribution in [2.24, 2.45) is 5.73 Å². The van der Waals surface area contributed by atoms with Gasteiger partial charge in [-0.2, -0.15) is 0 Å². The smallest absolute Gasteiger partial charge is 0.236 e. The highest BCUT2D eigenvalue weighted by molar-refractivity contribution is 5.85. The summed E-state index contributed by atoms with van der Waals surface area (Å²) in [5, 5.41) is 2.91. The fraction of sp³-hybridized carbons (Fsp3) is 0.562. The Bertz CT molecular complexity index is 386. The average Bonchev–Trinajstić information content (AvgIpc) is 2.48. The average molecular weight is 314 g/mol. The molecule has 0 bridgehead atoms. The standard InChI is InChI=1S/C16H27N3O.ClH/c1-3-9-15(17)16(20)18-12-8-13-19(4-2)14-10-6-5-7-11-14;/h5-7,10-11,15H,3-4,8-9,12-13,17H2,1-2H3,(H,18,20);1H. The first-order valence-corrected chi connectivity index (χ1v) is 7.52. The maximum atomic E-state index is 11.7. The first-order valence-electron chi connectivity index (χ1n) is 7.52. The third kappa shape index (κ3) is 7.34. The van der Waals surface area contributed by atoms with E-state index in [1.54, 1.807) is 0 Å². The second-order valence-electron chi connectivity index (χ2n) is 4.95. The Kier molecular flexibility index (Phi) is 10.7. The van der Waals surface area contributed by atoms with E-state index in [4.69, 9.17) is 5.73 Å². The number of nitrogens with one attached hydrogen (secondary N) is 1. The van der Waals surface area contributed by atoms with Gasteiger partial charge in [0.25, 0.3) is 0 Å². The monoisotopic (exact) mass is 313 g/mol. The number of benzene rings is 1. The first-order chi connectivity index (χ1) is 9.69. The normalized spacial score (nSPS) is 11.4. The second-order valence-corrected chi connectivity index (χ2v) is 4.95. The van der Waals surface area contributed by atoms with Crippen molar-refractivity contribution in [1.82, 2.24) is 5.32 Å². The lowest BCUT2D eigenvalue weighted by molar-refractivity contribution is -0.122. The van der Waals surface area contributed by atoms with Crippen LogP contribution < -0.4 is 16.0 Å². The van der Waals surface area contributed by atoms with E-state index < -0.39 is 0 Å². The van der Waals surface area contributed by atoms with E-state index in [-0.39, 0.29) is 24.4 Å². The Morgan fingerprint density at radius 3 is 2.52 bits per heavy atom. The van der Waals surface area contributed by atoms with E-state index in [0.29, 0.717) is 6.54 Å². The van der Waals surface area contributed by atoms with Crippen molar-refractivity contribution in [3.8, 4) is 0 Å². The quantitative estimate of drug-likeness (QED) is 0.689. The number of para-hydroxylation sites is 1. The third-order valence-corrected chi connectivity index (χ3v) is 3.34. The van der Waals surface area contributed by atoms with E-state index in [1.807, 2.05) is 25.1 Å². The maximum absolute atomic E-state index is 11.7. The van der Waals surface area contributed by atoms with Gasteiger partial charge in [0.05, 0.1) is 6.04 Å². The Morgan fingerprint density at radius 1 is 1.29 bits per heavy atom. The summed E-state index contributed by atoms with van der Waals surface area (Å²) in [4.78, 5) is 14.0. The summed E-state index contributed by atoms with van der Waals surface area (Å²) in [5.74, 6) is -0.0328. The molecule has 0 spiro atoms. The predicted octanol–water partition coefficient (Wildman–Crippen LogP) is 2.57. The molecule has 1 aromatic rings. The molecule has 0 aromatic heterocycles. The molecular formula is C16H28ClN3O. The van der Waals surface area contributed by atoms with Crippen LogP contribution in [0.25, 0.3) is 0 Å². The van der Waals surface area contributed by atoms with Gasteiger partial charge in [0.1, 0.15) is 0 Å². The van der Waals surface area contributed by atoms with E-state index in [1.165, 1.54) is 5.69 Å². The highest BCUT2D eigenvalue weighted by Crippen LogP contribution is 2.12. The number of carbonyl (C=O) groups excluding carboxylic acids is 1. The van der Waals surface area contributed by atoms with Gasteiger partial charge >= 0.3 is 0 Å². The zero-order valence-corrected chi connectivity index (χ0v) is 13.9. The number of amides is 1. The Labute approximate surface area is 134 Å². The molecule has 120 valence electrons. The van der Waals surface area contributed by atoms with E-state index in [9.17, 15) is 4.79 Å². The summed E-state index contributed by atoms with van der Waals surface area (Å²) in [6.07, 6.45) is 2.61. The number of nitrogens with two attached hydrogens (primary N) is 1. The summed E-state index contributed by atoms with van der Waals surface area (Å²) >= 11 is 0. The number of hydrogen-bond acceptors (Lipinski definition) is 3. The lowest BCUT2D eigenvalue weighted by Gasteiger charge is -2.23. The van der Waals surface area contributed by atoms with E-state index >= 15 is 0 Å². The van der Waals surface area contributed by atoms with Gasteiger partial charge in [-0.05, 0) is 31.9 Å². The molecule has 21 heavy (non-hydrogen) atoms. The molecule has 1 amide bonds. The van der Waals surface area contributed by atoms with Crippen molar-refractivity contribution in [3.05, 3.63) is 30.3 Å². The molecular weight excluding hydrogens is 286 g/mol. The van der Waals surface area contributed by atoms with Crippen molar-refractivity contribution in [2.75, 3.05) is 24.5 Å². The largest absolute Gasteiger partial charge is 0.372 e. The molecule has 0 heterocycles. The van der Waals surface area contributed by atoms with Crippen LogP contribution in [0.2, 0.25) is 0 Å². The molecule has 4 nitrogen and oxygen atoms in total. The third-order valence-electron chi connectivity index (χ3n) is 3.34. The molecule has 0 aliphatic heterocycles. The van der Waals surface area contributed by atoms with Crippen LogP contribution in [0.1, 0.15) is 33.1 Å². The molecule has 0 saturated carbocycles. The van der Waals surface area contributed by atoms with Gasteiger partial charge < -0.3 is 16.0 Å². The van der Waals surface area contributed by atoms with Gasteiger partial charge in [0, 0.05) is 25.3 Å². The zero-order chi connectivity index (χ0) is 14.8. The molecule has 3 N–H and O–H groups in total. The topological polar surface area (TPSA) is 58.4 Å². The zero-order valence-electron chi connectivity index (χ0n) is 13.0. The van der Waals surface area contributed by atoms with Crippen LogP contribution >= 0.6 is 12.4 Å². The Morgan fingerprint density at radius 2 is 1.95 bits per heavy atom. The summed E-state index contributed by atoms with van der Waals surface area (Å²) < 4.78 is 0. The molecule has 0 fully saturated rings. The number of carbonyl (C=O) groups is 1. The highest BCUT2D eigenvalue weighted by Gasteiger charge is 2.11. The maximum Gasteiger partial charge on any atom is 0.236 e. The summed E-state index contributed by atoms with van der Waals surface area (Å²) in [5.41, 5.74) is 6.99. The van der Waals surface area contributed by atoms with Crippen LogP contribution in [0.4, 0.5) is 5.69 Å². The minimum absolute atomic E-state index is 0. The number of halogens is 1. The first kappa shape index (κ1) is 19.7. The molecule has 1 aromatic carbocycles. The molecule has 1 atom stereocenters. The second kappa shape index (κ2) is 11.4. The van der Waals surface area contributed by atoms with Gasteiger partial charge in [-0.25, -0.2) is 0 Å². The predicted molar refractivity (Wildman–Crippen MR) is 92.1 cm³/mol. The van der Waals surface area contributed by atoms with Crippen molar-refractivity contribution >= 4 is 24.0 Å². The molecule has 1 unspecified atom stereocenters. The number of rotatable bonds is 9. The van der Waals surface area contributed by atoms with Gasteiger partial charge in [-0.3, -0.25) is 4.79 Å². The summed E-state index contributed by atoms with van der Waals surface area (Å²) in [6, 6.07) is 9.97. The van der Waals surface area contributed by atoms with Crippen molar-refractivity contribution < 1.29 is 4.79 Å². The van der Waals surface area contributed by atoms with E-state index in [0.717, 1.165) is 32.4 Å². The van der Waals surface area contributed by atoms with Crippen molar-refractivity contribution in [1.29, 1.82) is 0 Å². The summed E-state index contributed by atoms with van der Waals surface area (Å²) in [7, 11) is 0. The van der Waals surface area contributed by atoms with Crippen molar-refractivity contribution in [3.63, 3.8) is 0 Å². The lowest BCUT2D eigenvalue weighted by atomic mass is 10.1. The summed E-state index contributed by atoms with van der Waals surface area (Å²) in [6.45, 7) is 6.76. The van der Waals surface area contributed by atoms with Gasteiger partial charge in [-0.15, -0.1) is 12.4 Å². The minimum atomic E-state index is -0.364. The lowest BCUT2D eigenvalue weighted by Crippen LogP contribution is -2.41. The Hall–Kier alpha value is -1.26. The van der Waals surface area contributed by atoms with E-state index in [2.05, 4.69) is 29.3 Å². The molecule has 0 aliphatic carbocycles. The van der Waals surface area contributed by atoms with Gasteiger partial charge in [0.15, 0.2) is 0 Å². The van der Waals surface area contributed by atoms with Crippen LogP contribution in [0.3, 0.4) is 0 Å². The SMILES string of the molecule is CCCC(N)C(=O)NCCCN(CC)c1ccccc1.Cl. The number of hydrogen-bond donors (Lipinski definition) is 2. The fourth-order valence-electron chi connectivity index (χ4n) is 2.16. The highest BCUT2D eigenvalue weighted by atomic mass is 35.5. The molecule has 5 heteroatoms. The van der Waals surface area contributed by atoms with Crippen LogP contribution in [-0.2, 0) is 4.79 Å². The van der Waals surface area contributed by atoms with Crippen molar-refractivity contribution in [2.45, 2.75) is 39.2 Å². The molecule has 0 aliphatic rings. The van der Waals surface area contributed by atoms with Gasteiger partial charge in [0.2, 0.25) is 5.91 Å². The number of anilines is 1. The fourth-order valence-corrected chi connectivity index (χ4v) is 2.16. The van der Waals surface area contributed by atoms with Crippen LogP contribution in [-0.4, -0.2) is 31.6 Å². The molecule has 0 radical (unpaired) electrons.